The van der Waals surface area contributed by atoms with E-state index in [-0.39, 0.29) is 11.3 Å². The smallest absolute Gasteiger partial charge is 0.341 e. The molecule has 138 valence electrons. The molecule has 0 unspecified atom stereocenters. The predicted molar refractivity (Wildman–Crippen MR) is 99.4 cm³/mol. The van der Waals surface area contributed by atoms with E-state index < -0.39 is 18.5 Å². The molecular formula is C20H18N2O5. The van der Waals surface area contributed by atoms with Crippen molar-refractivity contribution in [2.45, 2.75) is 6.92 Å². The molecule has 0 saturated carbocycles. The number of hydrogen-bond donors (Lipinski definition) is 2. The molecule has 27 heavy (non-hydrogen) atoms. The van der Waals surface area contributed by atoms with Gasteiger partial charge in [0.25, 0.3) is 5.91 Å². The SMILES string of the molecule is CCOc1ccccc1NC(=O)/C(C#N)=C/c1ccccc1OCC(=O)O. The van der Waals surface area contributed by atoms with Gasteiger partial charge in [0, 0.05) is 5.56 Å². The molecule has 2 rings (SSSR count). The number of para-hydroxylation sites is 3. The van der Waals surface area contributed by atoms with Crippen LogP contribution in [0.4, 0.5) is 5.69 Å². The lowest BCUT2D eigenvalue weighted by molar-refractivity contribution is -0.139. The Morgan fingerprint density at radius 3 is 2.44 bits per heavy atom. The van der Waals surface area contributed by atoms with Crippen LogP contribution in [-0.2, 0) is 9.59 Å². The second kappa shape index (κ2) is 9.63. The fourth-order valence-corrected chi connectivity index (χ4v) is 2.22. The van der Waals surface area contributed by atoms with Crippen LogP contribution in [0.25, 0.3) is 6.08 Å². The van der Waals surface area contributed by atoms with Crippen LogP contribution in [0.1, 0.15) is 12.5 Å². The van der Waals surface area contributed by atoms with Gasteiger partial charge in [0.15, 0.2) is 6.61 Å². The molecule has 7 nitrogen and oxygen atoms in total. The minimum Gasteiger partial charge on any atom is -0.492 e. The van der Waals surface area contributed by atoms with Crippen molar-refractivity contribution in [2.75, 3.05) is 18.5 Å². The monoisotopic (exact) mass is 366 g/mol. The molecule has 0 aliphatic rings. The van der Waals surface area contributed by atoms with Crippen molar-refractivity contribution in [2.24, 2.45) is 0 Å². The van der Waals surface area contributed by atoms with E-state index in [4.69, 9.17) is 14.6 Å². The quantitative estimate of drug-likeness (QED) is 0.549. The fourth-order valence-electron chi connectivity index (χ4n) is 2.22. The van der Waals surface area contributed by atoms with E-state index in [2.05, 4.69) is 5.32 Å². The van der Waals surface area contributed by atoms with Crippen molar-refractivity contribution in [1.29, 1.82) is 5.26 Å². The molecule has 2 N–H and O–H groups in total. The van der Waals surface area contributed by atoms with E-state index in [1.165, 1.54) is 6.08 Å². The second-order valence-corrected chi connectivity index (χ2v) is 5.27. The minimum absolute atomic E-state index is 0.160. The number of hydrogen-bond acceptors (Lipinski definition) is 5. The van der Waals surface area contributed by atoms with Crippen molar-refractivity contribution in [1.82, 2.24) is 0 Å². The summed E-state index contributed by atoms with van der Waals surface area (Å²) in [5.41, 5.74) is 0.706. The summed E-state index contributed by atoms with van der Waals surface area (Å²) < 4.78 is 10.6. The third-order valence-corrected chi connectivity index (χ3v) is 3.37. The third-order valence-electron chi connectivity index (χ3n) is 3.37. The molecule has 0 atom stereocenters. The first-order chi connectivity index (χ1) is 13.0. The van der Waals surface area contributed by atoms with Gasteiger partial charge in [-0.25, -0.2) is 4.79 Å². The highest BCUT2D eigenvalue weighted by molar-refractivity contribution is 6.10. The van der Waals surface area contributed by atoms with E-state index in [1.54, 1.807) is 48.5 Å². The first-order valence-electron chi connectivity index (χ1n) is 8.13. The van der Waals surface area contributed by atoms with Crippen LogP contribution in [0.3, 0.4) is 0 Å². The lowest BCUT2D eigenvalue weighted by Gasteiger charge is -2.11. The molecule has 0 aromatic heterocycles. The van der Waals surface area contributed by atoms with Crippen molar-refractivity contribution in [3.8, 4) is 17.6 Å². The van der Waals surface area contributed by atoms with Gasteiger partial charge in [-0.3, -0.25) is 4.79 Å². The number of carboxylic acid groups (broad SMARTS) is 1. The zero-order chi connectivity index (χ0) is 19.6. The molecule has 0 radical (unpaired) electrons. The van der Waals surface area contributed by atoms with Gasteiger partial charge < -0.3 is 19.9 Å². The van der Waals surface area contributed by atoms with Gasteiger partial charge in [0.05, 0.1) is 12.3 Å². The zero-order valence-electron chi connectivity index (χ0n) is 14.6. The third kappa shape index (κ3) is 5.61. The molecule has 0 aliphatic carbocycles. The van der Waals surface area contributed by atoms with E-state index >= 15 is 0 Å². The molecule has 7 heteroatoms. The highest BCUT2D eigenvalue weighted by Crippen LogP contribution is 2.25. The lowest BCUT2D eigenvalue weighted by Crippen LogP contribution is -2.14. The number of nitriles is 1. The average molecular weight is 366 g/mol. The standard InChI is InChI=1S/C20H18N2O5/c1-2-26-18-10-6-4-8-16(18)22-20(25)15(12-21)11-14-7-3-5-9-17(14)27-13-19(23)24/h3-11H,2,13H2,1H3,(H,22,25)(H,23,24)/b15-11+. The molecule has 0 aliphatic heterocycles. The Hall–Kier alpha value is -3.79. The maximum Gasteiger partial charge on any atom is 0.341 e. The van der Waals surface area contributed by atoms with Crippen molar-refractivity contribution >= 4 is 23.6 Å². The van der Waals surface area contributed by atoms with E-state index in [9.17, 15) is 14.9 Å². The topological polar surface area (TPSA) is 109 Å². The van der Waals surface area contributed by atoms with E-state index in [1.807, 2.05) is 13.0 Å². The Bertz CT molecular complexity index is 899. The normalized spacial score (nSPS) is 10.6. The number of ether oxygens (including phenoxy) is 2. The molecule has 0 spiro atoms. The number of nitrogens with zero attached hydrogens (tertiary/aromatic N) is 1. The van der Waals surface area contributed by atoms with Gasteiger partial charge in [-0.2, -0.15) is 5.26 Å². The van der Waals surface area contributed by atoms with Gasteiger partial charge in [0.1, 0.15) is 23.1 Å². The predicted octanol–water partition coefficient (Wildman–Crippen LogP) is 3.09. The number of nitrogens with one attached hydrogen (secondary N) is 1. The first-order valence-corrected chi connectivity index (χ1v) is 8.13. The van der Waals surface area contributed by atoms with Crippen molar-refractivity contribution in [3.63, 3.8) is 0 Å². The molecule has 2 aromatic carbocycles. The maximum absolute atomic E-state index is 12.5. The van der Waals surface area contributed by atoms with Crippen LogP contribution < -0.4 is 14.8 Å². The van der Waals surface area contributed by atoms with E-state index in [0.29, 0.717) is 23.6 Å². The summed E-state index contributed by atoms with van der Waals surface area (Å²) in [5.74, 6) is -0.983. The summed E-state index contributed by atoms with van der Waals surface area (Å²) in [6, 6.07) is 15.3. The number of anilines is 1. The van der Waals surface area contributed by atoms with Gasteiger partial charge in [0.2, 0.25) is 0 Å². The number of carboxylic acids is 1. The summed E-state index contributed by atoms with van der Waals surface area (Å²) >= 11 is 0. The summed E-state index contributed by atoms with van der Waals surface area (Å²) in [6.45, 7) is 1.73. The maximum atomic E-state index is 12.5. The summed E-state index contributed by atoms with van der Waals surface area (Å²) in [5, 5.41) is 20.8. The molecule has 2 aromatic rings. The molecule has 0 heterocycles. The highest BCUT2D eigenvalue weighted by Gasteiger charge is 2.14. The first kappa shape index (κ1) is 19.5. The zero-order valence-corrected chi connectivity index (χ0v) is 14.6. The Balaban J connectivity index is 2.25. The van der Waals surface area contributed by atoms with Crippen molar-refractivity contribution in [3.05, 3.63) is 59.7 Å². The summed E-state index contributed by atoms with van der Waals surface area (Å²) in [4.78, 5) is 23.2. The molecule has 0 fully saturated rings. The molecule has 0 bridgehead atoms. The number of amides is 1. The number of aliphatic carboxylic acids is 1. The largest absolute Gasteiger partial charge is 0.492 e. The summed E-state index contributed by atoms with van der Waals surface area (Å²) in [6.07, 6.45) is 1.34. The molecule has 1 amide bonds. The number of benzene rings is 2. The number of carbonyl (C=O) groups excluding carboxylic acids is 1. The Morgan fingerprint density at radius 2 is 1.78 bits per heavy atom. The average Bonchev–Trinajstić information content (AvgIpc) is 2.66. The van der Waals surface area contributed by atoms with E-state index in [0.717, 1.165) is 0 Å². The Morgan fingerprint density at radius 1 is 1.11 bits per heavy atom. The number of carbonyl (C=O) groups is 2. The van der Waals surface area contributed by atoms with Crippen LogP contribution in [0.5, 0.6) is 11.5 Å². The van der Waals surface area contributed by atoms with Gasteiger partial charge in [-0.15, -0.1) is 0 Å². The van der Waals surface area contributed by atoms with Crippen LogP contribution in [0.2, 0.25) is 0 Å². The van der Waals surface area contributed by atoms with Crippen LogP contribution in [-0.4, -0.2) is 30.2 Å². The van der Waals surface area contributed by atoms with Gasteiger partial charge in [-0.05, 0) is 31.2 Å². The van der Waals surface area contributed by atoms with Crippen LogP contribution >= 0.6 is 0 Å². The molecule has 0 saturated heterocycles. The molecular weight excluding hydrogens is 348 g/mol. The van der Waals surface area contributed by atoms with Crippen molar-refractivity contribution < 1.29 is 24.2 Å². The Kier molecular flexibility index (Phi) is 6.97. The minimum atomic E-state index is -1.13. The summed E-state index contributed by atoms with van der Waals surface area (Å²) in [7, 11) is 0. The Labute approximate surface area is 156 Å². The van der Waals surface area contributed by atoms with Gasteiger partial charge in [-0.1, -0.05) is 30.3 Å². The fraction of sp³-hybridized carbons (Fsp3) is 0.150. The highest BCUT2D eigenvalue weighted by atomic mass is 16.5. The number of rotatable bonds is 8. The lowest BCUT2D eigenvalue weighted by atomic mass is 10.1. The van der Waals surface area contributed by atoms with Crippen LogP contribution in [0, 0.1) is 11.3 Å². The van der Waals surface area contributed by atoms with Crippen LogP contribution in [0.15, 0.2) is 54.1 Å². The van der Waals surface area contributed by atoms with Gasteiger partial charge >= 0.3 is 5.97 Å². The second-order valence-electron chi connectivity index (χ2n) is 5.27.